The van der Waals surface area contributed by atoms with E-state index in [4.69, 9.17) is 0 Å². The van der Waals surface area contributed by atoms with Crippen LogP contribution >= 0.6 is 0 Å². The van der Waals surface area contributed by atoms with Gasteiger partial charge in [0.1, 0.15) is 5.54 Å². The molecule has 0 saturated heterocycles. The number of carbonyl (C=O) groups excluding carboxylic acids is 1. The summed E-state index contributed by atoms with van der Waals surface area (Å²) in [5.74, 6) is 0.487. The second-order valence-electron chi connectivity index (χ2n) is 7.03. The summed E-state index contributed by atoms with van der Waals surface area (Å²) in [6, 6.07) is 0. The normalized spacial score (nSPS) is 25.2. The van der Waals surface area contributed by atoms with Crippen LogP contribution in [0, 0.1) is 5.92 Å². The zero-order valence-electron chi connectivity index (χ0n) is 13.0. The number of aromatic nitrogens is 4. The van der Waals surface area contributed by atoms with Crippen LogP contribution < -0.4 is 5.32 Å². The first kappa shape index (κ1) is 14.9. The second-order valence-corrected chi connectivity index (χ2v) is 7.03. The van der Waals surface area contributed by atoms with E-state index in [9.17, 15) is 18.0 Å². The van der Waals surface area contributed by atoms with Gasteiger partial charge in [0.2, 0.25) is 0 Å². The van der Waals surface area contributed by atoms with Crippen molar-refractivity contribution in [3.63, 3.8) is 0 Å². The summed E-state index contributed by atoms with van der Waals surface area (Å²) in [5.41, 5.74) is -0.354. The third-order valence-electron chi connectivity index (χ3n) is 5.39. The number of hydrogen-bond acceptors (Lipinski definition) is 4. The lowest BCUT2D eigenvalue weighted by Gasteiger charge is -2.20. The van der Waals surface area contributed by atoms with E-state index in [1.54, 1.807) is 4.68 Å². The average molecular weight is 349 g/mol. The molecule has 2 saturated carbocycles. The van der Waals surface area contributed by atoms with Crippen molar-refractivity contribution in [2.24, 2.45) is 5.92 Å². The molecule has 1 amide bonds. The molecule has 25 heavy (non-hydrogen) atoms. The van der Waals surface area contributed by atoms with Crippen molar-refractivity contribution in [3.05, 3.63) is 35.5 Å². The predicted molar refractivity (Wildman–Crippen MR) is 79.2 cm³/mol. The molecule has 2 heterocycles. The monoisotopic (exact) mass is 349 g/mol. The first-order chi connectivity index (χ1) is 11.9. The number of nitrogens with one attached hydrogen (secondary N) is 1. The van der Waals surface area contributed by atoms with Crippen LogP contribution in [0.2, 0.25) is 0 Å². The fourth-order valence-electron chi connectivity index (χ4n) is 3.75. The van der Waals surface area contributed by atoms with Crippen LogP contribution in [0.3, 0.4) is 0 Å². The topological polar surface area (TPSA) is 72.7 Å². The van der Waals surface area contributed by atoms with E-state index in [2.05, 4.69) is 20.4 Å². The SMILES string of the molecule is O=C(NC1(C(F)(F)F)CC1)c1nn(-c2cnccn2)c2c1C[C@@H]1CC21. The number of rotatable bonds is 3. The Hall–Kier alpha value is -2.45. The second kappa shape index (κ2) is 4.59. The molecule has 2 fully saturated rings. The van der Waals surface area contributed by atoms with Crippen LogP contribution in [-0.2, 0) is 6.42 Å². The number of alkyl halides is 3. The summed E-state index contributed by atoms with van der Waals surface area (Å²) in [4.78, 5) is 20.8. The molecule has 2 aromatic rings. The van der Waals surface area contributed by atoms with Crippen LogP contribution in [0.25, 0.3) is 5.82 Å². The van der Waals surface area contributed by atoms with E-state index in [1.165, 1.54) is 18.6 Å². The zero-order valence-corrected chi connectivity index (χ0v) is 13.0. The van der Waals surface area contributed by atoms with Gasteiger partial charge in [0.25, 0.3) is 5.91 Å². The Morgan fingerprint density at radius 3 is 2.76 bits per heavy atom. The van der Waals surface area contributed by atoms with Crippen molar-refractivity contribution in [2.45, 2.75) is 43.3 Å². The van der Waals surface area contributed by atoms with E-state index in [0.29, 0.717) is 24.1 Å². The van der Waals surface area contributed by atoms with Gasteiger partial charge >= 0.3 is 6.18 Å². The molecular formula is C16H14F3N5O. The van der Waals surface area contributed by atoms with Crippen molar-refractivity contribution in [3.8, 4) is 5.82 Å². The molecule has 0 aromatic carbocycles. The number of hydrogen-bond donors (Lipinski definition) is 1. The Kier molecular flexibility index (Phi) is 2.72. The fraction of sp³-hybridized carbons (Fsp3) is 0.500. The fourth-order valence-corrected chi connectivity index (χ4v) is 3.75. The molecule has 0 radical (unpaired) electrons. The molecule has 0 spiro atoms. The molecule has 1 unspecified atom stereocenters. The first-order valence-corrected chi connectivity index (χ1v) is 8.17. The van der Waals surface area contributed by atoms with Gasteiger partial charge in [-0.1, -0.05) is 0 Å². The molecule has 9 heteroatoms. The smallest absolute Gasteiger partial charge is 0.336 e. The molecule has 6 nitrogen and oxygen atoms in total. The maximum Gasteiger partial charge on any atom is 0.411 e. The van der Waals surface area contributed by atoms with Crippen LogP contribution in [0.5, 0.6) is 0 Å². The minimum absolute atomic E-state index is 0.0828. The molecule has 5 rings (SSSR count). The lowest BCUT2D eigenvalue weighted by atomic mass is 10.1. The number of halogens is 3. The van der Waals surface area contributed by atoms with Gasteiger partial charge in [-0.05, 0) is 31.6 Å². The molecule has 2 aromatic heterocycles. The zero-order chi connectivity index (χ0) is 17.4. The van der Waals surface area contributed by atoms with Crippen LogP contribution in [-0.4, -0.2) is 37.4 Å². The Balaban J connectivity index is 1.53. The van der Waals surface area contributed by atoms with Crippen LogP contribution in [0.1, 0.15) is 46.9 Å². The van der Waals surface area contributed by atoms with Crippen molar-refractivity contribution in [2.75, 3.05) is 0 Å². The van der Waals surface area contributed by atoms with Crippen LogP contribution in [0.15, 0.2) is 18.6 Å². The molecule has 3 aliphatic carbocycles. The highest BCUT2D eigenvalue weighted by Gasteiger charge is 2.64. The molecular weight excluding hydrogens is 335 g/mol. The number of fused-ring (bicyclic) bond motifs is 3. The minimum Gasteiger partial charge on any atom is -0.336 e. The molecule has 130 valence electrons. The summed E-state index contributed by atoms with van der Waals surface area (Å²) in [6.45, 7) is 0. The third kappa shape index (κ3) is 2.11. The van der Waals surface area contributed by atoms with Gasteiger partial charge in [-0.15, -0.1) is 0 Å². The summed E-state index contributed by atoms with van der Waals surface area (Å²) < 4.78 is 41.0. The van der Waals surface area contributed by atoms with E-state index >= 15 is 0 Å². The Bertz CT molecular complexity index is 872. The Morgan fingerprint density at radius 2 is 2.12 bits per heavy atom. The van der Waals surface area contributed by atoms with E-state index < -0.39 is 17.6 Å². The Morgan fingerprint density at radius 1 is 1.32 bits per heavy atom. The highest BCUT2D eigenvalue weighted by Crippen LogP contribution is 2.57. The first-order valence-electron chi connectivity index (χ1n) is 8.17. The number of carbonyl (C=O) groups is 1. The maximum absolute atomic E-state index is 13.1. The summed E-state index contributed by atoms with van der Waals surface area (Å²) in [5, 5.41) is 6.48. The van der Waals surface area contributed by atoms with Gasteiger partial charge in [-0.3, -0.25) is 9.78 Å². The summed E-state index contributed by atoms with van der Waals surface area (Å²) in [6.07, 6.45) is 1.67. The van der Waals surface area contributed by atoms with Crippen LogP contribution in [0.4, 0.5) is 13.2 Å². The lowest BCUT2D eigenvalue weighted by Crippen LogP contribution is -2.48. The largest absolute Gasteiger partial charge is 0.411 e. The minimum atomic E-state index is -4.44. The van der Waals surface area contributed by atoms with E-state index in [-0.39, 0.29) is 18.5 Å². The molecule has 0 aliphatic heterocycles. The third-order valence-corrected chi connectivity index (χ3v) is 5.39. The highest BCUT2D eigenvalue weighted by atomic mass is 19.4. The van der Waals surface area contributed by atoms with Gasteiger partial charge in [0, 0.05) is 23.9 Å². The molecule has 3 aliphatic rings. The maximum atomic E-state index is 13.1. The van der Waals surface area contributed by atoms with Crippen molar-refractivity contribution >= 4 is 5.91 Å². The molecule has 2 atom stereocenters. The van der Waals surface area contributed by atoms with E-state index in [1.807, 2.05) is 0 Å². The van der Waals surface area contributed by atoms with Crippen molar-refractivity contribution in [1.29, 1.82) is 0 Å². The predicted octanol–water partition coefficient (Wildman–Crippen LogP) is 2.15. The summed E-state index contributed by atoms with van der Waals surface area (Å²) >= 11 is 0. The van der Waals surface area contributed by atoms with Gasteiger partial charge < -0.3 is 5.32 Å². The van der Waals surface area contributed by atoms with Gasteiger partial charge in [-0.2, -0.15) is 18.3 Å². The standard InChI is InChI=1S/C16H14F3N5O/c17-16(18,19)15(1-2-15)22-14(25)12-10-6-8-5-9(8)13(10)24(23-12)11-7-20-3-4-21-11/h3-4,7-9H,1-2,5-6H2,(H,22,25)/t8-,9?/m0/s1. The van der Waals surface area contributed by atoms with Crippen molar-refractivity contribution in [1.82, 2.24) is 25.1 Å². The van der Waals surface area contributed by atoms with Gasteiger partial charge in [0.05, 0.1) is 11.9 Å². The summed E-state index contributed by atoms with van der Waals surface area (Å²) in [7, 11) is 0. The van der Waals surface area contributed by atoms with E-state index in [0.717, 1.165) is 17.7 Å². The van der Waals surface area contributed by atoms with Crippen molar-refractivity contribution < 1.29 is 18.0 Å². The highest BCUT2D eigenvalue weighted by molar-refractivity contribution is 5.95. The number of nitrogens with zero attached hydrogens (tertiary/aromatic N) is 4. The van der Waals surface area contributed by atoms with Gasteiger partial charge in [0.15, 0.2) is 11.5 Å². The molecule has 0 bridgehead atoms. The quantitative estimate of drug-likeness (QED) is 0.922. The average Bonchev–Trinajstić information content (AvgIpc) is 3.45. The molecule has 1 N–H and O–H groups in total. The number of amides is 1. The lowest BCUT2D eigenvalue weighted by molar-refractivity contribution is -0.163. The Labute approximate surface area is 140 Å². The van der Waals surface area contributed by atoms with Gasteiger partial charge in [-0.25, -0.2) is 9.67 Å².